The highest BCUT2D eigenvalue weighted by Crippen LogP contribution is 2.65. The average molecular weight is 550 g/mol. The van der Waals surface area contributed by atoms with E-state index in [2.05, 4.69) is 12.8 Å². The van der Waals surface area contributed by atoms with Gasteiger partial charge >= 0.3 is 59.2 Å². The number of hydrogen-bond donors (Lipinski definition) is 0. The van der Waals surface area contributed by atoms with Crippen molar-refractivity contribution in [2.45, 2.75) is 59.2 Å². The topological polar surface area (TPSA) is 0 Å². The zero-order valence-corrected chi connectivity index (χ0v) is 14.7. The Hall–Kier alpha value is -2.28. The zero-order chi connectivity index (χ0) is 28.4. The van der Waals surface area contributed by atoms with Crippen LogP contribution in [0.2, 0.25) is 0 Å². The molecule has 0 amide bonds. The van der Waals surface area contributed by atoms with Crippen molar-refractivity contribution in [2.24, 2.45) is 0 Å². The molecule has 0 spiro atoms. The normalized spacial score (nSPS) is 16.2. The lowest BCUT2D eigenvalue weighted by molar-refractivity contribution is -0.465. The molecule has 0 saturated carbocycles. The van der Waals surface area contributed by atoms with Gasteiger partial charge in [-0.3, -0.25) is 0 Å². The van der Waals surface area contributed by atoms with Gasteiger partial charge in [0.1, 0.15) is 0 Å². The zero-order valence-electron chi connectivity index (χ0n) is 14.7. The largest absolute Gasteiger partial charge is 0.390 e. The fourth-order valence-electron chi connectivity index (χ4n) is 1.76. The van der Waals surface area contributed by atoms with Crippen LogP contribution >= 0.6 is 0 Å². The summed E-state index contributed by atoms with van der Waals surface area (Å²) >= 11 is 0. The Morgan fingerprint density at radius 2 is 0.382 bits per heavy atom. The van der Waals surface area contributed by atoms with Crippen molar-refractivity contribution in [1.82, 2.24) is 0 Å². The van der Waals surface area contributed by atoms with Gasteiger partial charge in [-0.15, -0.1) is 12.8 Å². The van der Waals surface area contributed by atoms with Gasteiger partial charge in [0.05, 0.1) is 0 Å². The van der Waals surface area contributed by atoms with Gasteiger partial charge in [-0.1, -0.05) is 0 Å². The summed E-state index contributed by atoms with van der Waals surface area (Å²) in [5.41, 5.74) is 0. The molecule has 0 saturated heterocycles. The SMILES string of the molecule is C#CC(F)(F)C(F)(F)C(F)(F)C(F)(F)C(F)(F)C(F)(F)C(F)(F)C(F)(F)C(F)(F)C(F)(F)C#C. The van der Waals surface area contributed by atoms with Gasteiger partial charge in [0, 0.05) is 0 Å². The molecule has 0 radical (unpaired) electrons. The standard InChI is InChI=1S/C14H2F20/c1-3-5(15,16)7(19,20)9(23,24)11(27,28)13(31,32)14(33,34)12(29,30)10(25,26)8(21,22)6(17,18)4-2/h1-2H. The lowest BCUT2D eigenvalue weighted by Gasteiger charge is -2.44. The molecular formula is C14H2F20. The van der Waals surface area contributed by atoms with E-state index >= 15 is 0 Å². The minimum atomic E-state index is -9.08. The van der Waals surface area contributed by atoms with Gasteiger partial charge < -0.3 is 0 Å². The average Bonchev–Trinajstić information content (AvgIpc) is 2.66. The molecule has 198 valence electrons. The Labute approximate surface area is 173 Å². The van der Waals surface area contributed by atoms with Gasteiger partial charge in [-0.2, -0.15) is 87.8 Å². The number of terminal acetylenes is 2. The van der Waals surface area contributed by atoms with Crippen LogP contribution in [0.25, 0.3) is 0 Å². The van der Waals surface area contributed by atoms with Crippen LogP contribution in [0.1, 0.15) is 0 Å². The molecular weight excluding hydrogens is 548 g/mol. The third-order valence-electron chi connectivity index (χ3n) is 3.91. The molecule has 0 aliphatic carbocycles. The number of halogens is 20. The summed E-state index contributed by atoms with van der Waals surface area (Å²) in [6, 6.07) is 0. The number of rotatable bonds is 9. The van der Waals surface area contributed by atoms with Crippen molar-refractivity contribution in [3.05, 3.63) is 0 Å². The third kappa shape index (κ3) is 3.42. The molecule has 0 nitrogen and oxygen atoms in total. The first-order valence-corrected chi connectivity index (χ1v) is 7.11. The fourth-order valence-corrected chi connectivity index (χ4v) is 1.76. The number of hydrogen-bond acceptors (Lipinski definition) is 0. The van der Waals surface area contributed by atoms with Crippen molar-refractivity contribution >= 4 is 0 Å². The highest BCUT2D eigenvalue weighted by molar-refractivity contribution is 5.23. The molecule has 20 heteroatoms. The third-order valence-corrected chi connectivity index (χ3v) is 3.91. The van der Waals surface area contributed by atoms with E-state index in [4.69, 9.17) is 0 Å². The van der Waals surface area contributed by atoms with Crippen molar-refractivity contribution in [2.75, 3.05) is 0 Å². The maximum atomic E-state index is 13.4. The maximum absolute atomic E-state index is 13.4. The lowest BCUT2D eigenvalue weighted by atomic mass is 9.85. The van der Waals surface area contributed by atoms with Crippen LogP contribution in [0.4, 0.5) is 87.8 Å². The molecule has 0 N–H and O–H groups in total. The molecule has 0 aromatic heterocycles. The summed E-state index contributed by atoms with van der Waals surface area (Å²) < 4.78 is 263. The van der Waals surface area contributed by atoms with Crippen LogP contribution in [0.15, 0.2) is 0 Å². The van der Waals surface area contributed by atoms with E-state index in [1.807, 2.05) is 0 Å². The summed E-state index contributed by atoms with van der Waals surface area (Å²) in [4.78, 5) is 0. The van der Waals surface area contributed by atoms with Gasteiger partial charge in [0.2, 0.25) is 0 Å². The van der Waals surface area contributed by atoms with Gasteiger partial charge in [-0.25, -0.2) is 0 Å². The molecule has 0 fully saturated rings. The summed E-state index contributed by atoms with van der Waals surface area (Å²) in [6.45, 7) is 0. The Morgan fingerprint density at radius 1 is 0.265 bits per heavy atom. The van der Waals surface area contributed by atoms with Gasteiger partial charge in [0.15, 0.2) is 0 Å². The quantitative estimate of drug-likeness (QED) is 0.224. The first-order valence-electron chi connectivity index (χ1n) is 7.11. The van der Waals surface area contributed by atoms with Crippen molar-refractivity contribution < 1.29 is 87.8 Å². The van der Waals surface area contributed by atoms with E-state index in [9.17, 15) is 87.8 Å². The Balaban J connectivity index is 7.13. The molecule has 0 aliphatic rings. The van der Waals surface area contributed by atoms with Gasteiger partial charge in [-0.05, 0) is 11.8 Å². The summed E-state index contributed by atoms with van der Waals surface area (Å²) in [6.07, 6.45) is 7.14. The summed E-state index contributed by atoms with van der Waals surface area (Å²) in [7, 11) is 0. The Kier molecular flexibility index (Phi) is 7.10. The highest BCUT2D eigenvalue weighted by Gasteiger charge is 2.97. The first-order chi connectivity index (χ1) is 14.4. The molecule has 0 bridgehead atoms. The van der Waals surface area contributed by atoms with Crippen LogP contribution in [0.3, 0.4) is 0 Å². The Morgan fingerprint density at radius 3 is 0.500 bits per heavy atom. The monoisotopic (exact) mass is 550 g/mol. The van der Waals surface area contributed by atoms with E-state index in [-0.39, 0.29) is 0 Å². The minimum absolute atomic E-state index is 0.651. The second kappa shape index (κ2) is 7.61. The van der Waals surface area contributed by atoms with Crippen LogP contribution in [0, 0.1) is 24.7 Å². The molecule has 34 heavy (non-hydrogen) atoms. The molecule has 0 aromatic carbocycles. The minimum Gasteiger partial charge on any atom is -0.192 e. The molecule has 0 unspecified atom stereocenters. The second-order valence-electron chi connectivity index (χ2n) is 6.03. The maximum Gasteiger partial charge on any atom is 0.390 e. The molecule has 0 rings (SSSR count). The summed E-state index contributed by atoms with van der Waals surface area (Å²) in [5.74, 6) is -84.4. The predicted molar refractivity (Wildman–Crippen MR) is 67.1 cm³/mol. The van der Waals surface area contributed by atoms with Crippen LogP contribution in [0.5, 0.6) is 0 Å². The Bertz CT molecular complexity index is 791. The van der Waals surface area contributed by atoms with E-state index in [1.165, 1.54) is 0 Å². The van der Waals surface area contributed by atoms with E-state index in [0.717, 1.165) is 0 Å². The van der Waals surface area contributed by atoms with Crippen LogP contribution < -0.4 is 0 Å². The van der Waals surface area contributed by atoms with Crippen LogP contribution in [-0.4, -0.2) is 59.2 Å². The predicted octanol–water partition coefficient (Wildman–Crippen LogP) is 6.61. The summed E-state index contributed by atoms with van der Waals surface area (Å²) in [5, 5.41) is 0. The molecule has 0 aliphatic heterocycles. The van der Waals surface area contributed by atoms with Crippen molar-refractivity contribution in [1.29, 1.82) is 0 Å². The fraction of sp³-hybridized carbons (Fsp3) is 0.714. The van der Waals surface area contributed by atoms with E-state index < -0.39 is 71.1 Å². The highest BCUT2D eigenvalue weighted by atomic mass is 19.4. The van der Waals surface area contributed by atoms with Crippen LogP contribution in [-0.2, 0) is 0 Å². The lowest BCUT2D eigenvalue weighted by Crippen LogP contribution is -2.76. The molecule has 0 heterocycles. The molecule has 0 atom stereocenters. The second-order valence-corrected chi connectivity index (χ2v) is 6.03. The first kappa shape index (κ1) is 31.7. The van der Waals surface area contributed by atoms with Gasteiger partial charge in [0.25, 0.3) is 0 Å². The van der Waals surface area contributed by atoms with E-state index in [0.29, 0.717) is 0 Å². The smallest absolute Gasteiger partial charge is 0.192 e. The van der Waals surface area contributed by atoms with Crippen molar-refractivity contribution in [3.63, 3.8) is 0 Å². The molecule has 0 aromatic rings. The number of alkyl halides is 20. The van der Waals surface area contributed by atoms with Crippen molar-refractivity contribution in [3.8, 4) is 24.7 Å². The van der Waals surface area contributed by atoms with E-state index in [1.54, 1.807) is 0 Å².